The van der Waals surface area contributed by atoms with Gasteiger partial charge in [-0.3, -0.25) is 0 Å². The summed E-state index contributed by atoms with van der Waals surface area (Å²) in [5.41, 5.74) is 2.15. The second-order valence-corrected chi connectivity index (χ2v) is 4.67. The molecule has 2 heterocycles. The van der Waals surface area contributed by atoms with Gasteiger partial charge in [0.25, 0.3) is 5.70 Å². The first kappa shape index (κ1) is 11.9. The van der Waals surface area contributed by atoms with Crippen molar-refractivity contribution < 1.29 is 14.2 Å². The van der Waals surface area contributed by atoms with Gasteiger partial charge in [-0.05, 0) is 37.0 Å². The lowest BCUT2D eigenvalue weighted by atomic mass is 10.0. The van der Waals surface area contributed by atoms with Crippen molar-refractivity contribution in [2.24, 2.45) is 11.0 Å². The number of fused-ring (bicyclic) bond motifs is 1. The van der Waals surface area contributed by atoms with Gasteiger partial charge in [0.15, 0.2) is 12.1 Å². The van der Waals surface area contributed by atoms with E-state index in [0.717, 1.165) is 11.3 Å². The molecule has 4 heteroatoms. The van der Waals surface area contributed by atoms with Crippen LogP contribution in [-0.2, 0) is 9.53 Å². The molecule has 0 saturated heterocycles. The van der Waals surface area contributed by atoms with Gasteiger partial charge in [-0.2, -0.15) is 0 Å². The molecule has 19 heavy (non-hydrogen) atoms. The third-order valence-electron chi connectivity index (χ3n) is 3.14. The van der Waals surface area contributed by atoms with Crippen molar-refractivity contribution in [1.29, 1.82) is 0 Å². The molecule has 4 nitrogen and oxygen atoms in total. The van der Waals surface area contributed by atoms with Crippen LogP contribution in [0.5, 0.6) is 0 Å². The number of ether oxygens (including phenoxy) is 1. The van der Waals surface area contributed by atoms with Crippen LogP contribution in [0.25, 0.3) is 0 Å². The summed E-state index contributed by atoms with van der Waals surface area (Å²) in [6.07, 6.45) is 7.92. The summed E-state index contributed by atoms with van der Waals surface area (Å²) in [6.45, 7) is 2.83. The number of azo groups is 2. The zero-order valence-electron chi connectivity index (χ0n) is 10.8. The minimum absolute atomic E-state index is 0.329. The Kier molecular flexibility index (Phi) is 3.04. The van der Waals surface area contributed by atoms with Crippen molar-refractivity contribution in [3.63, 3.8) is 0 Å². The van der Waals surface area contributed by atoms with Crippen LogP contribution in [0, 0.1) is 17.8 Å². The predicted molar refractivity (Wildman–Crippen MR) is 68.9 cm³/mol. The second kappa shape index (κ2) is 4.85. The Morgan fingerprint density at radius 1 is 1.58 bits per heavy atom. The molecule has 0 spiro atoms. The average molecular weight is 255 g/mol. The van der Waals surface area contributed by atoms with Gasteiger partial charge in [0, 0.05) is 5.92 Å². The predicted octanol–water partition coefficient (Wildman–Crippen LogP) is 2.15. The first-order chi connectivity index (χ1) is 9.29. The van der Waals surface area contributed by atoms with Crippen molar-refractivity contribution in [3.8, 4) is 11.8 Å². The van der Waals surface area contributed by atoms with E-state index in [-0.39, 0.29) is 5.97 Å². The molecular formula is C15H15N2O2+. The van der Waals surface area contributed by atoms with E-state index in [9.17, 15) is 4.79 Å². The number of esters is 1. The Labute approximate surface area is 112 Å². The van der Waals surface area contributed by atoms with Crippen LogP contribution in [0.15, 0.2) is 40.3 Å². The Bertz CT molecular complexity index is 608. The van der Waals surface area contributed by atoms with E-state index in [1.165, 1.54) is 12.8 Å². The van der Waals surface area contributed by atoms with Crippen molar-refractivity contribution in [1.82, 2.24) is 0 Å². The molecule has 0 bridgehead atoms. The second-order valence-electron chi connectivity index (χ2n) is 4.67. The van der Waals surface area contributed by atoms with Crippen LogP contribution in [0.4, 0.5) is 0 Å². The van der Waals surface area contributed by atoms with E-state index >= 15 is 0 Å². The maximum atomic E-state index is 11.9. The Balaban J connectivity index is 1.94. The largest absolute Gasteiger partial charge is 0.462 e. The molecule has 96 valence electrons. The van der Waals surface area contributed by atoms with Crippen LogP contribution < -0.4 is 0 Å². The summed E-state index contributed by atoms with van der Waals surface area (Å²) in [6, 6.07) is 0. The summed E-state index contributed by atoms with van der Waals surface area (Å²) < 4.78 is 6.86. The molecule has 0 radical (unpaired) electrons. The highest BCUT2D eigenvalue weighted by Crippen LogP contribution is 2.29. The fourth-order valence-electron chi connectivity index (χ4n) is 2.02. The highest BCUT2D eigenvalue weighted by atomic mass is 16.5. The van der Waals surface area contributed by atoms with Crippen LogP contribution in [-0.4, -0.2) is 23.8 Å². The van der Waals surface area contributed by atoms with E-state index in [1.807, 2.05) is 12.2 Å². The van der Waals surface area contributed by atoms with E-state index < -0.39 is 0 Å². The van der Waals surface area contributed by atoms with E-state index in [2.05, 4.69) is 17.0 Å². The van der Waals surface area contributed by atoms with Crippen molar-refractivity contribution in [2.75, 3.05) is 13.2 Å². The number of nitrogens with zero attached hydrogens (tertiary/aromatic N) is 2. The first-order valence-electron chi connectivity index (χ1n) is 6.58. The van der Waals surface area contributed by atoms with Gasteiger partial charge in [-0.1, -0.05) is 16.5 Å². The number of hydrogen-bond acceptors (Lipinski definition) is 3. The van der Waals surface area contributed by atoms with E-state index in [4.69, 9.17) is 4.74 Å². The zero-order valence-corrected chi connectivity index (χ0v) is 10.8. The van der Waals surface area contributed by atoms with Gasteiger partial charge >= 0.3 is 5.97 Å². The Hall–Kier alpha value is -2.15. The molecule has 0 aromatic heterocycles. The normalized spacial score (nSPS) is 20.3. The molecular weight excluding hydrogens is 240 g/mol. The monoisotopic (exact) mass is 255 g/mol. The molecule has 0 unspecified atom stereocenters. The highest BCUT2D eigenvalue weighted by molar-refractivity contribution is 5.93. The summed E-state index contributed by atoms with van der Waals surface area (Å²) in [5, 5.41) is 4.23. The zero-order chi connectivity index (χ0) is 13.2. The molecule has 0 atom stereocenters. The number of rotatable bonds is 2. The third-order valence-corrected chi connectivity index (χ3v) is 3.14. The maximum Gasteiger partial charge on any atom is 0.346 e. The van der Waals surface area contributed by atoms with Gasteiger partial charge in [0.2, 0.25) is 0 Å². The number of carbonyl (C=O) groups is 1. The lowest BCUT2D eigenvalue weighted by Gasteiger charge is -2.06. The van der Waals surface area contributed by atoms with Gasteiger partial charge < -0.3 is 4.74 Å². The smallest absolute Gasteiger partial charge is 0.346 e. The van der Waals surface area contributed by atoms with Gasteiger partial charge in [0.05, 0.1) is 12.2 Å². The SMILES string of the molecule is CCOC(=O)C1=CN=[N+]2CC=CC(C#CC3CC3)=C12. The highest BCUT2D eigenvalue weighted by Gasteiger charge is 2.35. The number of hydrogen-bond donors (Lipinski definition) is 0. The van der Waals surface area contributed by atoms with Crippen LogP contribution in [0.1, 0.15) is 19.8 Å². The molecule has 1 aliphatic carbocycles. The lowest BCUT2D eigenvalue weighted by Crippen LogP contribution is -2.18. The number of allylic oxidation sites excluding steroid dienone is 2. The fourth-order valence-corrected chi connectivity index (χ4v) is 2.02. The third kappa shape index (κ3) is 2.37. The minimum Gasteiger partial charge on any atom is -0.462 e. The summed E-state index contributed by atoms with van der Waals surface area (Å²) >= 11 is 0. The first-order valence-corrected chi connectivity index (χ1v) is 6.58. The van der Waals surface area contributed by atoms with Crippen molar-refractivity contribution >= 4 is 5.97 Å². The van der Waals surface area contributed by atoms with Crippen molar-refractivity contribution in [2.45, 2.75) is 19.8 Å². The maximum absolute atomic E-state index is 11.9. The molecule has 0 N–H and O–H groups in total. The van der Waals surface area contributed by atoms with Gasteiger partial charge in [0.1, 0.15) is 6.20 Å². The summed E-state index contributed by atoms with van der Waals surface area (Å²) in [7, 11) is 0. The average Bonchev–Trinajstić information content (AvgIpc) is 3.13. The number of carbonyl (C=O) groups excluding carboxylic acids is 1. The topological polar surface area (TPSA) is 41.7 Å². The molecule has 0 aromatic rings. The molecule has 3 rings (SSSR count). The van der Waals surface area contributed by atoms with Crippen LogP contribution in [0.3, 0.4) is 0 Å². The molecule has 0 aromatic carbocycles. The summed E-state index contributed by atoms with van der Waals surface area (Å²) in [5.74, 6) is 6.60. The van der Waals surface area contributed by atoms with Gasteiger partial charge in [-0.15, -0.1) is 0 Å². The fraction of sp³-hybridized carbons (Fsp3) is 0.400. The molecule has 0 amide bonds. The molecule has 3 aliphatic rings. The molecule has 2 aliphatic heterocycles. The van der Waals surface area contributed by atoms with Crippen LogP contribution >= 0.6 is 0 Å². The summed E-state index contributed by atoms with van der Waals surface area (Å²) in [4.78, 5) is 11.9. The van der Waals surface area contributed by atoms with Crippen LogP contribution in [0.2, 0.25) is 0 Å². The standard InChI is InChI=1S/C15H15N2O2/c1-2-19-15(18)13-10-16-17-9-3-4-12(14(13)17)8-7-11-5-6-11/h3-4,10-11H,2,5-6,9H2,1H3/q+1. The van der Waals surface area contributed by atoms with Crippen molar-refractivity contribution in [3.05, 3.63) is 35.2 Å². The van der Waals surface area contributed by atoms with E-state index in [1.54, 1.807) is 17.8 Å². The quantitative estimate of drug-likeness (QED) is 0.431. The van der Waals surface area contributed by atoms with E-state index in [0.29, 0.717) is 24.6 Å². The molecule has 1 saturated carbocycles. The van der Waals surface area contributed by atoms with Gasteiger partial charge in [-0.25, -0.2) is 4.79 Å². The Morgan fingerprint density at radius 3 is 3.16 bits per heavy atom. The lowest BCUT2D eigenvalue weighted by molar-refractivity contribution is -0.526. The minimum atomic E-state index is -0.329. The Morgan fingerprint density at radius 2 is 2.42 bits per heavy atom. The molecule has 1 fully saturated rings.